The monoisotopic (exact) mass is 548 g/mol. The molecule has 2 aliphatic heterocycles. The van der Waals surface area contributed by atoms with Gasteiger partial charge in [-0.25, -0.2) is 0 Å². The summed E-state index contributed by atoms with van der Waals surface area (Å²) in [7, 11) is 0. The van der Waals surface area contributed by atoms with Crippen molar-refractivity contribution in [3.05, 3.63) is 23.8 Å². The van der Waals surface area contributed by atoms with Crippen LogP contribution in [0.25, 0.3) is 0 Å². The third-order valence-electron chi connectivity index (χ3n) is 7.25. The standard InChI is InChI=1S/C25H40O13/c1-11(36-24-22(34)20(32)18(30)16(9-27)38-24)4-5-14-12(6-13(28)7-25(14,2)3)10-35-23-21(33)19(31)17(29)15(8-26)37-23/h4-6,11,14-24,26-27,29-34H,7-10H2,1-3H3/t11-,14+,15-,16-,17-,18-,19+,20+,21-,22-,23-,24-/m1/s1. The maximum absolute atomic E-state index is 12.4. The van der Waals surface area contributed by atoms with E-state index in [2.05, 4.69) is 0 Å². The van der Waals surface area contributed by atoms with Gasteiger partial charge in [-0.15, -0.1) is 0 Å². The molecule has 13 nitrogen and oxygen atoms in total. The Kier molecular flexibility index (Phi) is 10.6. The molecule has 3 aliphatic rings. The quantitative estimate of drug-likeness (QED) is 0.136. The molecule has 0 bridgehead atoms. The van der Waals surface area contributed by atoms with E-state index >= 15 is 0 Å². The van der Waals surface area contributed by atoms with Crippen LogP contribution in [0.5, 0.6) is 0 Å². The summed E-state index contributed by atoms with van der Waals surface area (Å²) < 4.78 is 22.1. The van der Waals surface area contributed by atoms with Crippen molar-refractivity contribution >= 4 is 5.78 Å². The lowest BCUT2D eigenvalue weighted by molar-refractivity contribution is -0.306. The Labute approximate surface area is 220 Å². The van der Waals surface area contributed by atoms with Gasteiger partial charge in [-0.05, 0) is 24.0 Å². The van der Waals surface area contributed by atoms with Crippen molar-refractivity contribution in [2.75, 3.05) is 19.8 Å². The van der Waals surface area contributed by atoms with Crippen LogP contribution in [0, 0.1) is 11.3 Å². The summed E-state index contributed by atoms with van der Waals surface area (Å²) in [6, 6.07) is 0. The fourth-order valence-corrected chi connectivity index (χ4v) is 5.01. The minimum Gasteiger partial charge on any atom is -0.394 e. The van der Waals surface area contributed by atoms with Gasteiger partial charge in [0.15, 0.2) is 18.4 Å². The van der Waals surface area contributed by atoms with E-state index in [-0.39, 0.29) is 24.7 Å². The molecule has 0 aromatic carbocycles. The Morgan fingerprint density at radius 3 is 2.00 bits per heavy atom. The van der Waals surface area contributed by atoms with E-state index < -0.39 is 86.1 Å². The number of aliphatic hydroxyl groups is 8. The number of rotatable bonds is 9. The van der Waals surface area contributed by atoms with Crippen molar-refractivity contribution in [2.45, 2.75) is 94.7 Å². The lowest BCUT2D eigenvalue weighted by atomic mass is 9.68. The van der Waals surface area contributed by atoms with E-state index in [1.54, 1.807) is 19.1 Å². The molecule has 0 amide bonds. The van der Waals surface area contributed by atoms with E-state index in [0.29, 0.717) is 5.57 Å². The summed E-state index contributed by atoms with van der Waals surface area (Å²) in [5, 5.41) is 79.1. The van der Waals surface area contributed by atoms with Crippen molar-refractivity contribution < 1.29 is 64.6 Å². The molecule has 0 aromatic rings. The molecule has 2 heterocycles. The zero-order valence-corrected chi connectivity index (χ0v) is 21.6. The van der Waals surface area contributed by atoms with Gasteiger partial charge in [0.05, 0.1) is 25.9 Å². The van der Waals surface area contributed by atoms with Gasteiger partial charge in [0, 0.05) is 12.3 Å². The molecule has 13 heteroatoms. The lowest BCUT2D eigenvalue weighted by Crippen LogP contribution is -2.59. The summed E-state index contributed by atoms with van der Waals surface area (Å²) in [6.07, 6.45) is -9.73. The minimum atomic E-state index is -1.60. The Morgan fingerprint density at radius 2 is 1.45 bits per heavy atom. The third-order valence-corrected chi connectivity index (χ3v) is 7.25. The smallest absolute Gasteiger partial charge is 0.187 e. The number of aliphatic hydroxyl groups excluding tert-OH is 8. The number of allylic oxidation sites excluding steroid dienone is 2. The number of ether oxygens (including phenoxy) is 4. The largest absolute Gasteiger partial charge is 0.394 e. The molecular weight excluding hydrogens is 508 g/mol. The summed E-state index contributed by atoms with van der Waals surface area (Å²) in [4.78, 5) is 12.4. The summed E-state index contributed by atoms with van der Waals surface area (Å²) >= 11 is 0. The molecular formula is C25H40O13. The first-order chi connectivity index (χ1) is 17.8. The van der Waals surface area contributed by atoms with Crippen molar-refractivity contribution in [3.63, 3.8) is 0 Å². The number of ketones is 1. The number of hydrogen-bond acceptors (Lipinski definition) is 13. The van der Waals surface area contributed by atoms with Gasteiger partial charge in [0.25, 0.3) is 0 Å². The van der Waals surface area contributed by atoms with Crippen molar-refractivity contribution in [1.29, 1.82) is 0 Å². The Morgan fingerprint density at radius 1 is 0.921 bits per heavy atom. The van der Waals surface area contributed by atoms with Crippen LogP contribution >= 0.6 is 0 Å². The van der Waals surface area contributed by atoms with Crippen LogP contribution in [0.3, 0.4) is 0 Å². The highest BCUT2D eigenvalue weighted by molar-refractivity contribution is 5.92. The molecule has 2 saturated heterocycles. The van der Waals surface area contributed by atoms with Gasteiger partial charge in [-0.1, -0.05) is 26.0 Å². The Balaban J connectivity index is 1.69. The van der Waals surface area contributed by atoms with Gasteiger partial charge in [-0.2, -0.15) is 0 Å². The molecule has 0 spiro atoms. The first-order valence-corrected chi connectivity index (χ1v) is 12.6. The minimum absolute atomic E-state index is 0.127. The van der Waals surface area contributed by atoms with Crippen LogP contribution in [-0.4, -0.2) is 134 Å². The maximum Gasteiger partial charge on any atom is 0.187 e. The van der Waals surface area contributed by atoms with Crippen LogP contribution in [0.1, 0.15) is 27.2 Å². The zero-order chi connectivity index (χ0) is 28.4. The van der Waals surface area contributed by atoms with Crippen molar-refractivity contribution in [3.8, 4) is 0 Å². The number of carbonyl (C=O) groups excluding carboxylic acids is 1. The van der Waals surface area contributed by atoms with E-state index in [9.17, 15) is 45.6 Å². The predicted octanol–water partition coefficient (Wildman–Crippen LogP) is -2.89. The van der Waals surface area contributed by atoms with E-state index in [1.807, 2.05) is 13.8 Å². The average Bonchev–Trinajstić information content (AvgIpc) is 2.86. The van der Waals surface area contributed by atoms with Gasteiger partial charge in [0.2, 0.25) is 0 Å². The molecule has 1 aliphatic carbocycles. The Hall–Kier alpha value is -1.33. The fourth-order valence-electron chi connectivity index (χ4n) is 5.01. The SMILES string of the molecule is C[C@H](C=C[C@H]1C(CO[C@@H]2O[C@H](CO)[C@@H](O)[C@H](O)[C@H]2O)=CC(=O)CC1(C)C)O[C@@H]1O[C@H](CO)[C@@H](O)[C@H](O)[C@H]1O. The first kappa shape index (κ1) is 31.2. The normalized spacial score (nSPS) is 42.8. The van der Waals surface area contributed by atoms with E-state index in [0.717, 1.165) is 0 Å². The molecule has 0 saturated carbocycles. The third kappa shape index (κ3) is 6.86. The van der Waals surface area contributed by atoms with Crippen LogP contribution in [0.2, 0.25) is 0 Å². The first-order valence-electron chi connectivity index (χ1n) is 12.6. The molecule has 2 fully saturated rings. The summed E-state index contributed by atoms with van der Waals surface area (Å²) in [5.41, 5.74) is 0.0127. The maximum atomic E-state index is 12.4. The molecule has 0 unspecified atom stereocenters. The second-order valence-electron chi connectivity index (χ2n) is 10.8. The summed E-state index contributed by atoms with van der Waals surface area (Å²) in [6.45, 7) is 4.11. The van der Waals surface area contributed by atoms with Gasteiger partial charge in [0.1, 0.15) is 48.8 Å². The molecule has 38 heavy (non-hydrogen) atoms. The highest BCUT2D eigenvalue weighted by Gasteiger charge is 2.46. The fraction of sp³-hybridized carbons (Fsp3) is 0.800. The van der Waals surface area contributed by atoms with Crippen LogP contribution in [0.4, 0.5) is 0 Å². The van der Waals surface area contributed by atoms with Gasteiger partial charge in [-0.3, -0.25) is 4.79 Å². The number of hydrogen-bond donors (Lipinski definition) is 8. The highest BCUT2D eigenvalue weighted by atomic mass is 16.7. The van der Waals surface area contributed by atoms with Crippen LogP contribution < -0.4 is 0 Å². The lowest BCUT2D eigenvalue weighted by Gasteiger charge is -2.41. The van der Waals surface area contributed by atoms with Crippen molar-refractivity contribution in [2.24, 2.45) is 11.3 Å². The molecule has 0 radical (unpaired) electrons. The zero-order valence-electron chi connectivity index (χ0n) is 21.6. The van der Waals surface area contributed by atoms with Crippen LogP contribution in [0.15, 0.2) is 23.8 Å². The second-order valence-corrected chi connectivity index (χ2v) is 10.8. The Bertz CT molecular complexity index is 856. The molecule has 3 rings (SSSR count). The molecule has 0 aromatic heterocycles. The van der Waals surface area contributed by atoms with E-state index in [1.165, 1.54) is 6.08 Å². The van der Waals surface area contributed by atoms with E-state index in [4.69, 9.17) is 18.9 Å². The van der Waals surface area contributed by atoms with Crippen LogP contribution in [-0.2, 0) is 23.7 Å². The molecule has 12 atom stereocenters. The van der Waals surface area contributed by atoms with Crippen molar-refractivity contribution in [1.82, 2.24) is 0 Å². The molecule has 8 N–H and O–H groups in total. The number of carbonyl (C=O) groups is 1. The highest BCUT2D eigenvalue weighted by Crippen LogP contribution is 2.41. The van der Waals surface area contributed by atoms with Gasteiger partial charge < -0.3 is 59.8 Å². The summed E-state index contributed by atoms with van der Waals surface area (Å²) in [5.74, 6) is -0.469. The second kappa shape index (κ2) is 12.9. The van der Waals surface area contributed by atoms with Gasteiger partial charge >= 0.3 is 0 Å². The topological polar surface area (TPSA) is 216 Å². The molecule has 218 valence electrons. The predicted molar refractivity (Wildman–Crippen MR) is 128 cm³/mol. The average molecular weight is 549 g/mol.